The van der Waals surface area contributed by atoms with Crippen LogP contribution in [0.15, 0.2) is 12.1 Å². The van der Waals surface area contributed by atoms with E-state index in [1.54, 1.807) is 6.92 Å². The second-order valence-electron chi connectivity index (χ2n) is 2.81. The summed E-state index contributed by atoms with van der Waals surface area (Å²) < 4.78 is 23.0. The molecular weight excluding hydrogens is 187 g/mol. The summed E-state index contributed by atoms with van der Waals surface area (Å²) in [4.78, 5) is 10.5. The van der Waals surface area contributed by atoms with E-state index < -0.39 is 5.82 Å². The van der Waals surface area contributed by atoms with Crippen molar-refractivity contribution in [2.75, 3.05) is 13.9 Å². The van der Waals surface area contributed by atoms with Crippen LogP contribution in [0.3, 0.4) is 0 Å². The molecule has 0 radical (unpaired) electrons. The summed E-state index contributed by atoms with van der Waals surface area (Å²) in [6.07, 6.45) is 0.460. The number of carbonyl (C=O) groups is 1. The largest absolute Gasteiger partial charge is 0.468 e. The summed E-state index contributed by atoms with van der Waals surface area (Å²) in [5, 5.41) is 0. The molecule has 0 spiro atoms. The third-order valence-corrected chi connectivity index (χ3v) is 1.73. The smallest absolute Gasteiger partial charge is 0.188 e. The van der Waals surface area contributed by atoms with Crippen molar-refractivity contribution in [1.82, 2.24) is 0 Å². The van der Waals surface area contributed by atoms with E-state index >= 15 is 0 Å². The molecular formula is C10H11FO3. The normalized spacial score (nSPS) is 9.93. The molecule has 14 heavy (non-hydrogen) atoms. The fourth-order valence-electron chi connectivity index (χ4n) is 1.06. The van der Waals surface area contributed by atoms with Gasteiger partial charge in [0.2, 0.25) is 0 Å². The molecule has 0 bridgehead atoms. The fraction of sp³-hybridized carbons (Fsp3) is 0.300. The predicted octanol–water partition coefficient (Wildman–Crippen LogP) is 1.93. The van der Waals surface area contributed by atoms with Gasteiger partial charge in [-0.2, -0.15) is 0 Å². The number of benzene rings is 1. The first-order valence-corrected chi connectivity index (χ1v) is 4.06. The number of rotatable bonds is 4. The molecule has 0 amide bonds. The van der Waals surface area contributed by atoms with Crippen LogP contribution in [-0.2, 0) is 4.74 Å². The molecule has 4 heteroatoms. The summed E-state index contributed by atoms with van der Waals surface area (Å²) in [5.74, 6) is -0.0855. The molecule has 0 saturated carbocycles. The monoisotopic (exact) mass is 198 g/mol. The van der Waals surface area contributed by atoms with Crippen LogP contribution in [0.5, 0.6) is 5.75 Å². The van der Waals surface area contributed by atoms with E-state index in [0.29, 0.717) is 17.6 Å². The Kier molecular flexibility index (Phi) is 3.59. The number of halogens is 1. The summed E-state index contributed by atoms with van der Waals surface area (Å²) in [6.45, 7) is 1.64. The van der Waals surface area contributed by atoms with E-state index in [1.165, 1.54) is 19.2 Å². The van der Waals surface area contributed by atoms with E-state index in [-0.39, 0.29) is 12.4 Å². The summed E-state index contributed by atoms with van der Waals surface area (Å²) in [5.41, 5.74) is 0.372. The van der Waals surface area contributed by atoms with Crippen molar-refractivity contribution in [2.45, 2.75) is 6.92 Å². The van der Waals surface area contributed by atoms with Gasteiger partial charge in [-0.1, -0.05) is 0 Å². The van der Waals surface area contributed by atoms with Crippen LogP contribution in [0, 0.1) is 12.7 Å². The quantitative estimate of drug-likeness (QED) is 0.547. The Morgan fingerprint density at radius 1 is 1.50 bits per heavy atom. The van der Waals surface area contributed by atoms with Gasteiger partial charge in [-0.15, -0.1) is 0 Å². The maximum atomic E-state index is 13.2. The molecule has 1 aromatic carbocycles. The summed E-state index contributed by atoms with van der Waals surface area (Å²) in [6, 6.07) is 2.86. The van der Waals surface area contributed by atoms with Gasteiger partial charge in [-0.3, -0.25) is 4.79 Å². The van der Waals surface area contributed by atoms with Crippen molar-refractivity contribution >= 4 is 6.29 Å². The second kappa shape index (κ2) is 4.72. The molecule has 3 nitrogen and oxygen atoms in total. The van der Waals surface area contributed by atoms with Gasteiger partial charge in [0.15, 0.2) is 13.1 Å². The third kappa shape index (κ3) is 2.29. The highest BCUT2D eigenvalue weighted by Crippen LogP contribution is 2.19. The first-order valence-electron chi connectivity index (χ1n) is 4.06. The Morgan fingerprint density at radius 2 is 2.21 bits per heavy atom. The highest BCUT2D eigenvalue weighted by atomic mass is 19.1. The van der Waals surface area contributed by atoms with E-state index in [4.69, 9.17) is 4.74 Å². The number of carbonyl (C=O) groups excluding carboxylic acids is 1. The second-order valence-corrected chi connectivity index (χ2v) is 2.81. The lowest BCUT2D eigenvalue weighted by Crippen LogP contribution is -2.01. The van der Waals surface area contributed by atoms with Crippen LogP contribution in [0.25, 0.3) is 0 Å². The van der Waals surface area contributed by atoms with Crippen molar-refractivity contribution in [3.05, 3.63) is 29.1 Å². The molecule has 0 fully saturated rings. The maximum absolute atomic E-state index is 13.2. The van der Waals surface area contributed by atoms with E-state index in [2.05, 4.69) is 4.74 Å². The molecule has 0 N–H and O–H groups in total. The van der Waals surface area contributed by atoms with Crippen LogP contribution in [0.4, 0.5) is 4.39 Å². The summed E-state index contributed by atoms with van der Waals surface area (Å²) in [7, 11) is 1.48. The zero-order chi connectivity index (χ0) is 10.6. The van der Waals surface area contributed by atoms with Gasteiger partial charge in [-0.05, 0) is 24.6 Å². The van der Waals surface area contributed by atoms with Gasteiger partial charge in [0.25, 0.3) is 0 Å². The van der Waals surface area contributed by atoms with Gasteiger partial charge >= 0.3 is 0 Å². The number of aryl methyl sites for hydroxylation is 1. The standard InChI is InChI=1S/C10H11FO3/c1-7-3-9(14-6-13-2)4-8(5-12)10(7)11/h3-5H,6H2,1-2H3. The van der Waals surface area contributed by atoms with Gasteiger partial charge in [0.1, 0.15) is 11.6 Å². The molecule has 0 aliphatic rings. The van der Waals surface area contributed by atoms with Crippen molar-refractivity contribution in [3.8, 4) is 5.75 Å². The molecule has 1 rings (SSSR count). The van der Waals surface area contributed by atoms with Crippen molar-refractivity contribution in [3.63, 3.8) is 0 Å². The van der Waals surface area contributed by atoms with Crippen molar-refractivity contribution in [2.24, 2.45) is 0 Å². The Morgan fingerprint density at radius 3 is 2.79 bits per heavy atom. The minimum absolute atomic E-state index is 0.00361. The highest BCUT2D eigenvalue weighted by Gasteiger charge is 2.07. The molecule has 0 saturated heterocycles. The highest BCUT2D eigenvalue weighted by molar-refractivity contribution is 5.76. The zero-order valence-electron chi connectivity index (χ0n) is 8.04. The minimum atomic E-state index is -0.509. The lowest BCUT2D eigenvalue weighted by atomic mass is 10.1. The molecule has 0 aliphatic carbocycles. The minimum Gasteiger partial charge on any atom is -0.468 e. The van der Waals surface area contributed by atoms with Crippen LogP contribution in [-0.4, -0.2) is 20.2 Å². The molecule has 76 valence electrons. The van der Waals surface area contributed by atoms with Gasteiger partial charge in [0.05, 0.1) is 5.56 Å². The Hall–Kier alpha value is -1.42. The van der Waals surface area contributed by atoms with Crippen molar-refractivity contribution < 1.29 is 18.7 Å². The van der Waals surface area contributed by atoms with Gasteiger partial charge in [-0.25, -0.2) is 4.39 Å². The van der Waals surface area contributed by atoms with Gasteiger partial charge in [0, 0.05) is 7.11 Å². The number of hydrogen-bond acceptors (Lipinski definition) is 3. The van der Waals surface area contributed by atoms with Crippen LogP contribution < -0.4 is 4.74 Å². The average molecular weight is 198 g/mol. The molecule has 0 unspecified atom stereocenters. The van der Waals surface area contributed by atoms with Crippen LogP contribution in [0.1, 0.15) is 15.9 Å². The summed E-state index contributed by atoms with van der Waals surface area (Å²) >= 11 is 0. The fourth-order valence-corrected chi connectivity index (χ4v) is 1.06. The maximum Gasteiger partial charge on any atom is 0.188 e. The van der Waals surface area contributed by atoms with E-state index in [9.17, 15) is 9.18 Å². The predicted molar refractivity (Wildman–Crippen MR) is 49.0 cm³/mol. The first-order chi connectivity index (χ1) is 6.69. The number of ether oxygens (including phenoxy) is 2. The molecule has 1 aromatic rings. The molecule has 0 aliphatic heterocycles. The molecule has 0 heterocycles. The van der Waals surface area contributed by atoms with Crippen molar-refractivity contribution in [1.29, 1.82) is 0 Å². The van der Waals surface area contributed by atoms with Gasteiger partial charge < -0.3 is 9.47 Å². The molecule has 0 atom stereocenters. The SMILES string of the molecule is COCOc1cc(C)c(F)c(C=O)c1. The van der Waals surface area contributed by atoms with Crippen LogP contribution in [0.2, 0.25) is 0 Å². The molecule has 0 aromatic heterocycles. The number of methoxy groups -OCH3 is 1. The average Bonchev–Trinajstić information content (AvgIpc) is 2.19. The number of hydrogen-bond donors (Lipinski definition) is 0. The lowest BCUT2D eigenvalue weighted by Gasteiger charge is -2.07. The first kappa shape index (κ1) is 10.7. The topological polar surface area (TPSA) is 35.5 Å². The van der Waals surface area contributed by atoms with E-state index in [0.717, 1.165) is 0 Å². The van der Waals surface area contributed by atoms with Crippen LogP contribution >= 0.6 is 0 Å². The van der Waals surface area contributed by atoms with E-state index in [1.807, 2.05) is 0 Å². The third-order valence-electron chi connectivity index (χ3n) is 1.73. The lowest BCUT2D eigenvalue weighted by molar-refractivity contribution is 0.0509. The Bertz CT molecular complexity index is 336. The zero-order valence-corrected chi connectivity index (χ0v) is 8.04. The Balaban J connectivity index is 2.97. The number of aldehydes is 1. The Labute approximate surface area is 81.4 Å².